The van der Waals surface area contributed by atoms with E-state index in [1.807, 2.05) is 126 Å². The average molecular weight is 526 g/mol. The zero-order valence-electron chi connectivity index (χ0n) is 21.3. The van der Waals surface area contributed by atoms with Crippen LogP contribution in [0.5, 0.6) is 17.2 Å². The molecule has 0 amide bonds. The highest BCUT2D eigenvalue weighted by Gasteiger charge is 2.33. The summed E-state index contributed by atoms with van der Waals surface area (Å²) < 4.78 is 1.66. The highest BCUT2D eigenvalue weighted by atomic mass is 16.3. The zero-order chi connectivity index (χ0) is 27.6. The lowest BCUT2D eigenvalue weighted by molar-refractivity contribution is 0.444. The van der Waals surface area contributed by atoms with Gasteiger partial charge in [-0.15, -0.1) is 4.58 Å². The molecule has 3 N–H and O–H groups in total. The van der Waals surface area contributed by atoms with E-state index in [9.17, 15) is 20.1 Å². The van der Waals surface area contributed by atoms with Crippen LogP contribution in [0.25, 0.3) is 11.1 Å². The Morgan fingerprint density at radius 3 is 1.30 bits per heavy atom. The van der Waals surface area contributed by atoms with Gasteiger partial charge in [-0.25, -0.2) is 0 Å². The van der Waals surface area contributed by atoms with Crippen LogP contribution in [-0.2, 0) is 0 Å². The van der Waals surface area contributed by atoms with Crippen molar-refractivity contribution >= 4 is 28.4 Å². The van der Waals surface area contributed by atoms with Gasteiger partial charge in [0.1, 0.15) is 11.5 Å². The summed E-state index contributed by atoms with van der Waals surface area (Å²) in [6.45, 7) is 0. The molecule has 0 aliphatic heterocycles. The molecule has 0 aliphatic rings. The molecule has 0 aromatic heterocycles. The summed E-state index contributed by atoms with van der Waals surface area (Å²) in [5.74, 6) is -0.961. The van der Waals surface area contributed by atoms with E-state index >= 15 is 0 Å². The van der Waals surface area contributed by atoms with Gasteiger partial charge in [0.25, 0.3) is 5.43 Å². The van der Waals surface area contributed by atoms with Gasteiger partial charge in [-0.1, -0.05) is 72.8 Å². The molecule has 0 unspecified atom stereocenters. The van der Waals surface area contributed by atoms with E-state index in [0.717, 1.165) is 11.4 Å². The van der Waals surface area contributed by atoms with Crippen LogP contribution >= 0.6 is 0 Å². The summed E-state index contributed by atoms with van der Waals surface area (Å²) in [6, 6.07) is 40.5. The van der Waals surface area contributed by atoms with Gasteiger partial charge in [0.15, 0.2) is 0 Å². The van der Waals surface area contributed by atoms with Crippen LogP contribution in [0, 0.1) is 0 Å². The molecule has 0 atom stereocenters. The van der Waals surface area contributed by atoms with E-state index in [-0.39, 0.29) is 33.7 Å². The maximum absolute atomic E-state index is 13.6. The first-order valence-electron chi connectivity index (χ1n) is 12.8. The summed E-state index contributed by atoms with van der Waals surface area (Å²) in [4.78, 5) is 15.5. The summed E-state index contributed by atoms with van der Waals surface area (Å²) in [7, 11) is 0. The van der Waals surface area contributed by atoms with E-state index in [0.29, 0.717) is 17.1 Å². The van der Waals surface area contributed by atoms with Gasteiger partial charge in [0, 0.05) is 47.8 Å². The van der Waals surface area contributed by atoms with Crippen molar-refractivity contribution in [1.29, 1.82) is 0 Å². The molecule has 6 rings (SSSR count). The van der Waals surface area contributed by atoms with Crippen LogP contribution in [0.2, 0.25) is 0 Å². The Kier molecular flexibility index (Phi) is 6.34. The van der Waals surface area contributed by atoms with Crippen LogP contribution in [0.15, 0.2) is 138 Å². The smallest absolute Gasteiger partial charge is 0.303 e. The average Bonchev–Trinajstić information content (AvgIpc) is 2.99. The van der Waals surface area contributed by atoms with Crippen molar-refractivity contribution in [2.75, 3.05) is 4.90 Å². The zero-order valence-corrected chi connectivity index (χ0v) is 21.3. The number of phenols is 2. The van der Waals surface area contributed by atoms with Crippen molar-refractivity contribution in [2.45, 2.75) is 0 Å². The number of anilines is 3. The summed E-state index contributed by atoms with van der Waals surface area (Å²) in [5.41, 5.74) is 2.75. The number of rotatable bonds is 6. The van der Waals surface area contributed by atoms with Gasteiger partial charge in [-0.05, 0) is 24.3 Å². The third-order valence-corrected chi connectivity index (χ3v) is 6.77. The molecular weight excluding hydrogens is 500 g/mol. The Labute approximate surface area is 230 Å². The normalized spacial score (nSPS) is 10.9. The van der Waals surface area contributed by atoms with Crippen molar-refractivity contribution < 1.29 is 15.3 Å². The maximum atomic E-state index is 13.6. The second kappa shape index (κ2) is 10.3. The first-order chi connectivity index (χ1) is 19.5. The van der Waals surface area contributed by atoms with Gasteiger partial charge < -0.3 is 20.2 Å². The largest absolute Gasteiger partial charge is 0.507 e. The van der Waals surface area contributed by atoms with Crippen LogP contribution in [0.3, 0.4) is 0 Å². The van der Waals surface area contributed by atoms with Crippen LogP contribution in [-0.4, -0.2) is 15.3 Å². The monoisotopic (exact) mass is 525 g/mol. The quantitative estimate of drug-likeness (QED) is 0.213. The number of aromatic hydroxyl groups is 3. The van der Waals surface area contributed by atoms with Crippen molar-refractivity contribution in [3.8, 4) is 28.4 Å². The van der Waals surface area contributed by atoms with Crippen molar-refractivity contribution in [1.82, 2.24) is 4.58 Å². The minimum absolute atomic E-state index is 0.0606. The van der Waals surface area contributed by atoms with Crippen molar-refractivity contribution in [2.24, 2.45) is 0 Å². The van der Waals surface area contributed by atoms with Gasteiger partial charge in [0.2, 0.25) is 17.1 Å². The molecule has 40 heavy (non-hydrogen) atoms. The second-order valence-corrected chi connectivity index (χ2v) is 9.27. The number of nitrogens with zero attached hydrogens (tertiary/aromatic N) is 2. The molecule has 0 saturated carbocycles. The number of phenolic OH excluding ortho intramolecular Hbond substituents is 2. The molecule has 0 spiro atoms. The lowest BCUT2D eigenvalue weighted by Gasteiger charge is -2.26. The fourth-order valence-electron chi connectivity index (χ4n) is 4.97. The molecule has 0 fully saturated rings. The first kappa shape index (κ1) is 24.7. The molecule has 0 bridgehead atoms. The van der Waals surface area contributed by atoms with E-state index in [1.165, 1.54) is 12.1 Å². The van der Waals surface area contributed by atoms with Gasteiger partial charge in [0.05, 0.1) is 16.8 Å². The van der Waals surface area contributed by atoms with E-state index < -0.39 is 5.43 Å². The van der Waals surface area contributed by atoms with Gasteiger partial charge in [-0.3, -0.25) is 4.79 Å². The van der Waals surface area contributed by atoms with Crippen LogP contribution < -0.4 is 20.3 Å². The van der Waals surface area contributed by atoms with E-state index in [4.69, 9.17) is 0 Å². The van der Waals surface area contributed by atoms with Crippen LogP contribution in [0.1, 0.15) is 0 Å². The SMILES string of the molecule is O=c1c(-c2c(O)cc(N(c3ccccc3)c3ccccc3)cc2O)c(O)c1=[N+](c1ccccc1)c1ccccc1. The molecule has 0 heterocycles. The first-order valence-corrected chi connectivity index (χ1v) is 12.8. The van der Waals surface area contributed by atoms with E-state index in [1.54, 1.807) is 4.58 Å². The van der Waals surface area contributed by atoms with Crippen molar-refractivity contribution in [3.63, 3.8) is 0 Å². The lowest BCUT2D eigenvalue weighted by atomic mass is 9.96. The maximum Gasteiger partial charge on any atom is 0.303 e. The minimum Gasteiger partial charge on any atom is -0.507 e. The molecule has 6 nitrogen and oxygen atoms in total. The molecular formula is C34H25N2O4+. The number of hydrogen-bond donors (Lipinski definition) is 3. The Bertz CT molecular complexity index is 1770. The second-order valence-electron chi connectivity index (χ2n) is 9.27. The molecule has 6 aromatic carbocycles. The highest BCUT2D eigenvalue weighted by Crippen LogP contribution is 2.45. The summed E-state index contributed by atoms with van der Waals surface area (Å²) >= 11 is 0. The molecule has 6 aromatic rings. The predicted molar refractivity (Wildman–Crippen MR) is 158 cm³/mol. The molecule has 0 saturated heterocycles. The third kappa shape index (κ3) is 4.27. The third-order valence-electron chi connectivity index (χ3n) is 6.77. The highest BCUT2D eigenvalue weighted by molar-refractivity contribution is 5.87. The molecule has 194 valence electrons. The van der Waals surface area contributed by atoms with Crippen molar-refractivity contribution in [3.05, 3.63) is 149 Å². The molecule has 0 radical (unpaired) electrons. The van der Waals surface area contributed by atoms with Gasteiger partial charge >= 0.3 is 5.36 Å². The Morgan fingerprint density at radius 1 is 0.500 bits per heavy atom. The molecule has 6 heteroatoms. The standard InChI is InChI=1S/C34H24N2O4/c37-28-21-27(35(23-13-5-1-6-14-23)24-15-7-2-8-16-24)22-29(38)30(28)31-33(39)32(34(31)40)36(25-17-9-3-10-18-25)26-19-11-4-12-20-26/h1-22H,(H2,37,38,39,40)/p+1. The Balaban J connectivity index is 1.52. The fourth-order valence-corrected chi connectivity index (χ4v) is 4.97. The fraction of sp³-hybridized carbons (Fsp3) is 0. The summed E-state index contributed by atoms with van der Waals surface area (Å²) in [5, 5.41) is 33.6. The molecule has 0 aliphatic carbocycles. The number of benzene rings is 5. The lowest BCUT2D eigenvalue weighted by Crippen LogP contribution is -2.41. The number of para-hydroxylation sites is 4. The topological polar surface area (TPSA) is 84.0 Å². The predicted octanol–water partition coefficient (Wildman–Crippen LogP) is 6.61. The Hall–Kier alpha value is -5.62. The van der Waals surface area contributed by atoms with Gasteiger partial charge in [-0.2, -0.15) is 0 Å². The minimum atomic E-state index is -0.494. The number of hydrogen-bond acceptors (Lipinski definition) is 5. The van der Waals surface area contributed by atoms with E-state index in [2.05, 4.69) is 0 Å². The Morgan fingerprint density at radius 2 is 0.900 bits per heavy atom. The summed E-state index contributed by atoms with van der Waals surface area (Å²) in [6.07, 6.45) is 0. The van der Waals surface area contributed by atoms with Crippen LogP contribution in [0.4, 0.5) is 28.4 Å².